The van der Waals surface area contributed by atoms with Crippen LogP contribution in [-0.4, -0.2) is 29.9 Å². The average molecular weight is 247 g/mol. The van der Waals surface area contributed by atoms with E-state index in [1.54, 1.807) is 24.0 Å². The molecule has 1 heterocycles. The van der Waals surface area contributed by atoms with Crippen molar-refractivity contribution in [1.82, 2.24) is 4.90 Å². The van der Waals surface area contributed by atoms with Gasteiger partial charge in [0.15, 0.2) is 0 Å². The summed E-state index contributed by atoms with van der Waals surface area (Å²) in [5.41, 5.74) is 0. The van der Waals surface area contributed by atoms with Crippen molar-refractivity contribution >= 4 is 11.9 Å². The lowest BCUT2D eigenvalue weighted by Gasteiger charge is -2.29. The second-order valence-electron chi connectivity index (χ2n) is 4.55. The molecule has 1 aromatic rings. The summed E-state index contributed by atoms with van der Waals surface area (Å²) in [5, 5.41) is 0. The summed E-state index contributed by atoms with van der Waals surface area (Å²) in [4.78, 5) is 24.8. The van der Waals surface area contributed by atoms with Crippen LogP contribution in [-0.2, 0) is 4.79 Å². The van der Waals surface area contributed by atoms with Crippen LogP contribution in [0.2, 0.25) is 0 Å². The van der Waals surface area contributed by atoms with E-state index in [9.17, 15) is 9.59 Å². The van der Waals surface area contributed by atoms with E-state index in [-0.39, 0.29) is 17.8 Å². The van der Waals surface area contributed by atoms with Gasteiger partial charge in [-0.3, -0.25) is 4.79 Å². The van der Waals surface area contributed by atoms with Gasteiger partial charge in [0.25, 0.3) is 0 Å². The van der Waals surface area contributed by atoms with E-state index in [1.165, 1.54) is 0 Å². The summed E-state index contributed by atoms with van der Waals surface area (Å²) in [6.07, 6.45) is 1.14. The van der Waals surface area contributed by atoms with Crippen molar-refractivity contribution in [1.29, 1.82) is 0 Å². The molecule has 1 fully saturated rings. The third-order valence-electron chi connectivity index (χ3n) is 3.28. The molecule has 1 amide bonds. The number of benzene rings is 1. The molecule has 4 nitrogen and oxygen atoms in total. The Bertz CT molecular complexity index is 422. The van der Waals surface area contributed by atoms with Crippen LogP contribution in [0.15, 0.2) is 30.3 Å². The highest BCUT2D eigenvalue weighted by atomic mass is 16.6. The Morgan fingerprint density at radius 3 is 2.33 bits per heavy atom. The topological polar surface area (TPSA) is 46.6 Å². The first-order valence-corrected chi connectivity index (χ1v) is 6.19. The predicted molar refractivity (Wildman–Crippen MR) is 67.4 cm³/mol. The first kappa shape index (κ1) is 12.6. The van der Waals surface area contributed by atoms with Crippen LogP contribution in [0.25, 0.3) is 0 Å². The molecular formula is C14H17NO3. The van der Waals surface area contributed by atoms with Crippen molar-refractivity contribution in [3.05, 3.63) is 30.3 Å². The maximum Gasteiger partial charge on any atom is 0.415 e. The fourth-order valence-corrected chi connectivity index (χ4v) is 2.12. The second kappa shape index (κ2) is 5.67. The van der Waals surface area contributed by atoms with Gasteiger partial charge < -0.3 is 9.64 Å². The van der Waals surface area contributed by atoms with E-state index in [2.05, 4.69) is 0 Å². The summed E-state index contributed by atoms with van der Waals surface area (Å²) < 4.78 is 5.25. The lowest BCUT2D eigenvalue weighted by molar-refractivity contribution is -0.121. The monoisotopic (exact) mass is 247 g/mol. The molecule has 2 rings (SSSR count). The number of carbonyl (C=O) groups is 2. The Balaban J connectivity index is 1.86. The van der Waals surface area contributed by atoms with Gasteiger partial charge in [0.2, 0.25) is 0 Å². The minimum Gasteiger partial charge on any atom is -0.410 e. The number of piperidine rings is 1. The number of nitrogens with zero attached hydrogens (tertiary/aromatic N) is 1. The minimum absolute atomic E-state index is 0.103. The zero-order valence-electron chi connectivity index (χ0n) is 10.5. The van der Waals surface area contributed by atoms with Gasteiger partial charge in [0.05, 0.1) is 0 Å². The van der Waals surface area contributed by atoms with Gasteiger partial charge in [-0.15, -0.1) is 0 Å². The van der Waals surface area contributed by atoms with E-state index in [4.69, 9.17) is 4.74 Å². The maximum absolute atomic E-state index is 11.9. The van der Waals surface area contributed by atoms with Gasteiger partial charge in [0, 0.05) is 19.0 Å². The molecule has 0 aliphatic carbocycles. The minimum atomic E-state index is -0.330. The Labute approximate surface area is 107 Å². The van der Waals surface area contributed by atoms with E-state index in [0.717, 1.165) is 12.8 Å². The number of carbonyl (C=O) groups excluding carboxylic acids is 2. The number of Topliss-reactive ketones (excluding diaryl/α,β-unsaturated/α-hetero) is 1. The van der Waals surface area contributed by atoms with Crippen LogP contribution in [0.4, 0.5) is 4.79 Å². The lowest BCUT2D eigenvalue weighted by atomic mass is 9.94. The van der Waals surface area contributed by atoms with Crippen LogP contribution in [0.1, 0.15) is 19.8 Å². The number of ketones is 1. The molecular weight excluding hydrogens is 230 g/mol. The number of ether oxygens (including phenoxy) is 1. The smallest absolute Gasteiger partial charge is 0.410 e. The zero-order valence-corrected chi connectivity index (χ0v) is 10.5. The zero-order chi connectivity index (χ0) is 13.0. The summed E-state index contributed by atoms with van der Waals surface area (Å²) in [6.45, 7) is 2.80. The highest BCUT2D eigenvalue weighted by Crippen LogP contribution is 2.19. The van der Waals surface area contributed by atoms with Crippen molar-refractivity contribution in [3.63, 3.8) is 0 Å². The molecule has 18 heavy (non-hydrogen) atoms. The van der Waals surface area contributed by atoms with Gasteiger partial charge in [-0.25, -0.2) is 4.79 Å². The summed E-state index contributed by atoms with van der Waals surface area (Å²) in [6, 6.07) is 9.02. The molecule has 0 aromatic heterocycles. The third-order valence-corrected chi connectivity index (χ3v) is 3.28. The van der Waals surface area contributed by atoms with Gasteiger partial charge in [-0.05, 0) is 31.9 Å². The summed E-state index contributed by atoms with van der Waals surface area (Å²) in [5.74, 6) is 0.869. The lowest BCUT2D eigenvalue weighted by Crippen LogP contribution is -2.41. The van der Waals surface area contributed by atoms with Gasteiger partial charge in [-0.2, -0.15) is 0 Å². The fourth-order valence-electron chi connectivity index (χ4n) is 2.12. The van der Waals surface area contributed by atoms with Crippen LogP contribution >= 0.6 is 0 Å². The Morgan fingerprint density at radius 2 is 1.78 bits per heavy atom. The first-order chi connectivity index (χ1) is 8.66. The first-order valence-electron chi connectivity index (χ1n) is 6.19. The van der Waals surface area contributed by atoms with Crippen molar-refractivity contribution in [3.8, 4) is 5.75 Å². The molecule has 0 N–H and O–H groups in total. The average Bonchev–Trinajstić information content (AvgIpc) is 2.40. The molecule has 1 saturated heterocycles. The van der Waals surface area contributed by atoms with Crippen LogP contribution in [0, 0.1) is 5.92 Å². The summed E-state index contributed by atoms with van der Waals surface area (Å²) in [7, 11) is 0. The second-order valence-corrected chi connectivity index (χ2v) is 4.55. The van der Waals surface area contributed by atoms with E-state index in [0.29, 0.717) is 18.8 Å². The fraction of sp³-hybridized carbons (Fsp3) is 0.429. The number of hydrogen-bond donors (Lipinski definition) is 0. The Kier molecular flexibility index (Phi) is 3.97. The van der Waals surface area contributed by atoms with E-state index in [1.807, 2.05) is 18.2 Å². The maximum atomic E-state index is 11.9. The highest BCUT2D eigenvalue weighted by Gasteiger charge is 2.26. The predicted octanol–water partition coefficient (Wildman–Crippen LogP) is 2.49. The van der Waals surface area contributed by atoms with Crippen molar-refractivity contribution < 1.29 is 14.3 Å². The Morgan fingerprint density at radius 1 is 1.17 bits per heavy atom. The standard InChI is InChI=1S/C14H17NO3/c1-11(16)12-7-9-15(10-8-12)14(17)18-13-5-3-2-4-6-13/h2-6,12H,7-10H2,1H3. The number of para-hydroxylation sites is 1. The number of amides is 1. The van der Waals surface area contributed by atoms with Gasteiger partial charge >= 0.3 is 6.09 Å². The molecule has 96 valence electrons. The third kappa shape index (κ3) is 3.09. The molecule has 0 radical (unpaired) electrons. The molecule has 0 spiro atoms. The molecule has 0 bridgehead atoms. The molecule has 0 atom stereocenters. The van der Waals surface area contributed by atoms with Gasteiger partial charge in [0.1, 0.15) is 11.5 Å². The SMILES string of the molecule is CC(=O)C1CCN(C(=O)Oc2ccccc2)CC1. The molecule has 4 heteroatoms. The number of rotatable bonds is 2. The van der Waals surface area contributed by atoms with Crippen LogP contribution in [0.5, 0.6) is 5.75 Å². The van der Waals surface area contributed by atoms with Crippen molar-refractivity contribution in [2.24, 2.45) is 5.92 Å². The largest absolute Gasteiger partial charge is 0.415 e. The van der Waals surface area contributed by atoms with Crippen molar-refractivity contribution in [2.75, 3.05) is 13.1 Å². The molecule has 0 saturated carbocycles. The molecule has 1 aliphatic rings. The van der Waals surface area contributed by atoms with Crippen LogP contribution in [0.3, 0.4) is 0 Å². The normalized spacial score (nSPS) is 16.4. The number of likely N-dealkylation sites (tertiary alicyclic amines) is 1. The van der Waals surface area contributed by atoms with Gasteiger partial charge in [-0.1, -0.05) is 18.2 Å². The Hall–Kier alpha value is -1.84. The molecule has 1 aromatic carbocycles. The molecule has 1 aliphatic heterocycles. The van der Waals surface area contributed by atoms with E-state index < -0.39 is 0 Å². The van der Waals surface area contributed by atoms with E-state index >= 15 is 0 Å². The summed E-state index contributed by atoms with van der Waals surface area (Å²) >= 11 is 0. The van der Waals surface area contributed by atoms with Crippen LogP contribution < -0.4 is 4.74 Å². The molecule has 0 unspecified atom stereocenters. The van der Waals surface area contributed by atoms with Crippen molar-refractivity contribution in [2.45, 2.75) is 19.8 Å². The highest BCUT2D eigenvalue weighted by molar-refractivity contribution is 5.79. The number of hydrogen-bond acceptors (Lipinski definition) is 3. The quantitative estimate of drug-likeness (QED) is 0.806.